The van der Waals surface area contributed by atoms with E-state index in [0.29, 0.717) is 28.6 Å². The van der Waals surface area contributed by atoms with Gasteiger partial charge in [-0.15, -0.1) is 0 Å². The maximum absolute atomic E-state index is 12.4. The van der Waals surface area contributed by atoms with Crippen molar-refractivity contribution in [2.45, 2.75) is 6.54 Å². The van der Waals surface area contributed by atoms with E-state index in [4.69, 9.17) is 16.3 Å². The number of aromatic nitrogens is 1. The number of ether oxygens (including phenoxy) is 1. The third kappa shape index (κ3) is 3.98. The first-order chi connectivity index (χ1) is 12.2. The van der Waals surface area contributed by atoms with Crippen molar-refractivity contribution < 1.29 is 9.53 Å². The molecule has 25 heavy (non-hydrogen) atoms. The van der Waals surface area contributed by atoms with Gasteiger partial charge in [0.05, 0.1) is 17.8 Å². The molecule has 0 saturated carbocycles. The number of nitrogens with zero attached hydrogens (tertiary/aromatic N) is 1. The molecule has 1 N–H and O–H groups in total. The van der Waals surface area contributed by atoms with Crippen LogP contribution in [0.1, 0.15) is 15.9 Å². The third-order valence-corrected chi connectivity index (χ3v) is 4.08. The molecule has 1 aromatic heterocycles. The molecule has 0 unspecified atom stereocenters. The summed E-state index contributed by atoms with van der Waals surface area (Å²) < 4.78 is 5.43. The van der Waals surface area contributed by atoms with Crippen LogP contribution in [0.3, 0.4) is 0 Å². The Hall–Kier alpha value is -2.85. The van der Waals surface area contributed by atoms with Gasteiger partial charge in [-0.3, -0.25) is 9.78 Å². The molecule has 2 aromatic carbocycles. The van der Waals surface area contributed by atoms with Crippen molar-refractivity contribution in [3.8, 4) is 17.0 Å². The number of carbonyl (C=O) groups is 1. The molecule has 0 bridgehead atoms. The summed E-state index contributed by atoms with van der Waals surface area (Å²) in [7, 11) is 1.56. The van der Waals surface area contributed by atoms with Crippen molar-refractivity contribution >= 4 is 17.5 Å². The van der Waals surface area contributed by atoms with E-state index in [1.165, 1.54) is 0 Å². The molecular formula is C20H17ClN2O2. The number of carbonyl (C=O) groups excluding carboxylic acids is 1. The first-order valence-electron chi connectivity index (χ1n) is 7.80. The van der Waals surface area contributed by atoms with Gasteiger partial charge in [0.2, 0.25) is 0 Å². The first kappa shape index (κ1) is 17.0. The van der Waals surface area contributed by atoms with Crippen LogP contribution in [0.2, 0.25) is 5.02 Å². The Kier molecular flexibility index (Phi) is 5.31. The summed E-state index contributed by atoms with van der Waals surface area (Å²) in [4.78, 5) is 16.7. The summed E-state index contributed by atoms with van der Waals surface area (Å²) >= 11 is 6.21. The monoisotopic (exact) mass is 352 g/mol. The van der Waals surface area contributed by atoms with Crippen LogP contribution in [-0.4, -0.2) is 18.0 Å². The summed E-state index contributed by atoms with van der Waals surface area (Å²) in [5.74, 6) is 0.383. The van der Waals surface area contributed by atoms with Gasteiger partial charge in [-0.1, -0.05) is 41.9 Å². The minimum absolute atomic E-state index is 0.166. The highest BCUT2D eigenvalue weighted by Crippen LogP contribution is 2.33. The molecular weight excluding hydrogens is 336 g/mol. The number of hydrogen-bond donors (Lipinski definition) is 1. The van der Waals surface area contributed by atoms with E-state index in [1.807, 2.05) is 30.3 Å². The second-order valence-corrected chi connectivity index (χ2v) is 5.82. The normalized spacial score (nSPS) is 10.3. The van der Waals surface area contributed by atoms with Crippen molar-refractivity contribution in [2.24, 2.45) is 0 Å². The smallest absolute Gasteiger partial charge is 0.251 e. The number of amides is 1. The Labute approximate surface area is 151 Å². The molecule has 1 amide bonds. The number of hydrogen-bond acceptors (Lipinski definition) is 3. The highest BCUT2D eigenvalue weighted by Gasteiger charge is 2.14. The molecule has 5 heteroatoms. The average Bonchev–Trinajstić information content (AvgIpc) is 2.67. The fraction of sp³-hybridized carbons (Fsp3) is 0.100. The maximum atomic E-state index is 12.4. The lowest BCUT2D eigenvalue weighted by atomic mass is 10.1. The zero-order valence-corrected chi connectivity index (χ0v) is 14.5. The van der Waals surface area contributed by atoms with Crippen LogP contribution in [0.15, 0.2) is 66.9 Å². The van der Waals surface area contributed by atoms with Crippen molar-refractivity contribution in [1.82, 2.24) is 10.3 Å². The molecule has 3 aromatic rings. The number of nitrogens with one attached hydrogen (secondary N) is 1. The highest BCUT2D eigenvalue weighted by molar-refractivity contribution is 6.33. The van der Waals surface area contributed by atoms with E-state index in [0.717, 1.165) is 11.1 Å². The van der Waals surface area contributed by atoms with Gasteiger partial charge in [-0.25, -0.2) is 0 Å². The Morgan fingerprint density at radius 3 is 2.64 bits per heavy atom. The van der Waals surface area contributed by atoms with E-state index in [9.17, 15) is 4.79 Å². The number of methoxy groups -OCH3 is 1. The molecule has 0 aliphatic carbocycles. The van der Waals surface area contributed by atoms with E-state index < -0.39 is 0 Å². The molecule has 0 radical (unpaired) electrons. The number of rotatable bonds is 5. The molecule has 0 saturated heterocycles. The van der Waals surface area contributed by atoms with E-state index in [-0.39, 0.29) is 5.91 Å². The molecule has 0 atom stereocenters. The van der Waals surface area contributed by atoms with Crippen molar-refractivity contribution in [1.29, 1.82) is 0 Å². The lowest BCUT2D eigenvalue weighted by Gasteiger charge is -2.11. The average molecular weight is 353 g/mol. The van der Waals surface area contributed by atoms with Gasteiger partial charge < -0.3 is 10.1 Å². The molecule has 0 fully saturated rings. The molecule has 0 aliphatic rings. The third-order valence-electron chi connectivity index (χ3n) is 3.77. The maximum Gasteiger partial charge on any atom is 0.251 e. The number of pyridine rings is 1. The quantitative estimate of drug-likeness (QED) is 0.743. The first-order valence-corrected chi connectivity index (χ1v) is 8.18. The number of benzene rings is 2. The van der Waals surface area contributed by atoms with E-state index in [1.54, 1.807) is 43.6 Å². The SMILES string of the molecule is COc1cc(C(=O)NCc2ccccc2)ccc1-c1ncccc1Cl. The van der Waals surface area contributed by atoms with Gasteiger partial charge in [0.15, 0.2) is 0 Å². The fourth-order valence-corrected chi connectivity index (χ4v) is 2.72. The summed E-state index contributed by atoms with van der Waals surface area (Å²) in [6, 6.07) is 18.5. The largest absolute Gasteiger partial charge is 0.496 e. The highest BCUT2D eigenvalue weighted by atomic mass is 35.5. The molecule has 1 heterocycles. The van der Waals surface area contributed by atoms with Crippen LogP contribution < -0.4 is 10.1 Å². The Balaban J connectivity index is 1.81. The van der Waals surface area contributed by atoms with Gasteiger partial charge in [0, 0.05) is 23.9 Å². The second kappa shape index (κ2) is 7.81. The Morgan fingerprint density at radius 2 is 1.92 bits per heavy atom. The molecule has 126 valence electrons. The van der Waals surface area contributed by atoms with Crippen LogP contribution in [0.5, 0.6) is 5.75 Å². The van der Waals surface area contributed by atoms with Gasteiger partial charge in [0.1, 0.15) is 5.75 Å². The van der Waals surface area contributed by atoms with Gasteiger partial charge in [0.25, 0.3) is 5.91 Å². The molecule has 3 rings (SSSR count). The summed E-state index contributed by atoms with van der Waals surface area (Å²) in [6.45, 7) is 0.468. The standard InChI is InChI=1S/C20H17ClN2O2/c1-25-18-12-15(20(24)23-13-14-6-3-2-4-7-14)9-10-16(18)19-17(21)8-5-11-22-19/h2-12H,13H2,1H3,(H,23,24). The predicted molar refractivity (Wildman–Crippen MR) is 98.8 cm³/mol. The lowest BCUT2D eigenvalue weighted by Crippen LogP contribution is -2.22. The zero-order chi connectivity index (χ0) is 17.6. The summed E-state index contributed by atoms with van der Waals surface area (Å²) in [5.41, 5.74) is 2.92. The van der Waals surface area contributed by atoms with E-state index >= 15 is 0 Å². The summed E-state index contributed by atoms with van der Waals surface area (Å²) in [6.07, 6.45) is 1.67. The van der Waals surface area contributed by atoms with Crippen LogP contribution in [0, 0.1) is 0 Å². The Bertz CT molecular complexity index is 882. The van der Waals surface area contributed by atoms with Crippen LogP contribution >= 0.6 is 11.6 Å². The van der Waals surface area contributed by atoms with Crippen LogP contribution in [-0.2, 0) is 6.54 Å². The molecule has 4 nitrogen and oxygen atoms in total. The van der Waals surface area contributed by atoms with Crippen LogP contribution in [0.4, 0.5) is 0 Å². The van der Waals surface area contributed by atoms with Gasteiger partial charge >= 0.3 is 0 Å². The number of halogens is 1. The molecule has 0 aliphatic heterocycles. The van der Waals surface area contributed by atoms with Gasteiger partial charge in [-0.05, 0) is 35.9 Å². The van der Waals surface area contributed by atoms with Crippen LogP contribution in [0.25, 0.3) is 11.3 Å². The second-order valence-electron chi connectivity index (χ2n) is 5.42. The van der Waals surface area contributed by atoms with Crippen molar-refractivity contribution in [3.63, 3.8) is 0 Å². The topological polar surface area (TPSA) is 51.2 Å². The van der Waals surface area contributed by atoms with Gasteiger partial charge in [-0.2, -0.15) is 0 Å². The minimum Gasteiger partial charge on any atom is -0.496 e. The predicted octanol–water partition coefficient (Wildman–Crippen LogP) is 4.34. The summed E-state index contributed by atoms with van der Waals surface area (Å²) in [5, 5.41) is 3.43. The lowest BCUT2D eigenvalue weighted by molar-refractivity contribution is 0.0950. The van der Waals surface area contributed by atoms with E-state index in [2.05, 4.69) is 10.3 Å². The Morgan fingerprint density at radius 1 is 1.12 bits per heavy atom. The fourth-order valence-electron chi connectivity index (χ4n) is 2.49. The zero-order valence-electron chi connectivity index (χ0n) is 13.7. The minimum atomic E-state index is -0.166. The van der Waals surface area contributed by atoms with Crippen molar-refractivity contribution in [2.75, 3.05) is 7.11 Å². The van der Waals surface area contributed by atoms with Crippen molar-refractivity contribution in [3.05, 3.63) is 83.0 Å². The molecule has 0 spiro atoms.